The van der Waals surface area contributed by atoms with E-state index in [1.807, 2.05) is 30.3 Å². The van der Waals surface area contributed by atoms with E-state index < -0.39 is 12.6 Å². The van der Waals surface area contributed by atoms with Gasteiger partial charge in [0.05, 0.1) is 25.1 Å². The molecule has 2 rings (SSSR count). The monoisotopic (exact) mass is 265 g/mol. The second kappa shape index (κ2) is 6.31. The molecule has 0 aliphatic carbocycles. The Balaban J connectivity index is 1.74. The van der Waals surface area contributed by atoms with Gasteiger partial charge >= 0.3 is 5.97 Å². The first-order valence-corrected chi connectivity index (χ1v) is 6.26. The largest absolute Gasteiger partial charge is 0.461 e. The third-order valence-electron chi connectivity index (χ3n) is 3.20. The van der Waals surface area contributed by atoms with Crippen molar-refractivity contribution in [2.45, 2.75) is 25.5 Å². The number of benzene rings is 1. The number of nitrogens with one attached hydrogen (secondary N) is 1. The number of hydrogen-bond donors (Lipinski definition) is 1. The molecule has 1 aromatic carbocycles. The van der Waals surface area contributed by atoms with Crippen molar-refractivity contribution >= 4 is 11.9 Å². The number of alkyl halides is 1. The van der Waals surface area contributed by atoms with Gasteiger partial charge in [0.2, 0.25) is 5.91 Å². The molecular weight excluding hydrogens is 249 g/mol. The van der Waals surface area contributed by atoms with E-state index in [1.165, 1.54) is 0 Å². The Morgan fingerprint density at radius 3 is 2.68 bits per heavy atom. The maximum atomic E-state index is 12.2. The number of ether oxygens (including phenoxy) is 1. The van der Waals surface area contributed by atoms with Gasteiger partial charge in [0.15, 0.2) is 0 Å². The van der Waals surface area contributed by atoms with Crippen LogP contribution in [0.2, 0.25) is 0 Å². The van der Waals surface area contributed by atoms with Gasteiger partial charge in [-0.15, -0.1) is 0 Å². The molecule has 1 aliphatic rings. The summed E-state index contributed by atoms with van der Waals surface area (Å²) in [5, 5.41) is 2.60. The predicted molar refractivity (Wildman–Crippen MR) is 66.9 cm³/mol. The number of esters is 1. The topological polar surface area (TPSA) is 55.4 Å². The molecule has 1 fully saturated rings. The van der Waals surface area contributed by atoms with E-state index in [0.29, 0.717) is 0 Å². The Labute approximate surface area is 110 Å². The minimum absolute atomic E-state index is 0.100. The van der Waals surface area contributed by atoms with Gasteiger partial charge in [-0.1, -0.05) is 30.3 Å². The van der Waals surface area contributed by atoms with Gasteiger partial charge in [-0.3, -0.25) is 14.0 Å². The number of halogens is 1. The molecule has 0 saturated carbocycles. The number of rotatable bonds is 6. The molecule has 0 radical (unpaired) electrons. The van der Waals surface area contributed by atoms with Crippen LogP contribution in [0, 0.1) is 5.92 Å². The van der Waals surface area contributed by atoms with Crippen LogP contribution in [0.4, 0.5) is 4.39 Å². The first-order chi connectivity index (χ1) is 9.20. The molecule has 0 spiro atoms. The lowest BCUT2D eigenvalue weighted by atomic mass is 9.86. The number of hydrogen-bond acceptors (Lipinski definition) is 3. The van der Waals surface area contributed by atoms with E-state index in [4.69, 9.17) is 4.74 Å². The lowest BCUT2D eigenvalue weighted by molar-refractivity contribution is -0.149. The molecule has 1 aliphatic heterocycles. The molecule has 1 N–H and O–H groups in total. The normalized spacial score (nSPS) is 21.4. The van der Waals surface area contributed by atoms with Crippen LogP contribution >= 0.6 is 0 Å². The summed E-state index contributed by atoms with van der Waals surface area (Å²) in [6.07, 6.45) is 0.270. The van der Waals surface area contributed by atoms with Gasteiger partial charge in [-0.25, -0.2) is 0 Å². The van der Waals surface area contributed by atoms with Gasteiger partial charge in [-0.05, 0) is 12.0 Å². The van der Waals surface area contributed by atoms with Crippen molar-refractivity contribution in [2.24, 2.45) is 5.92 Å². The summed E-state index contributed by atoms with van der Waals surface area (Å²) >= 11 is 0. The van der Waals surface area contributed by atoms with Crippen molar-refractivity contribution in [3.63, 3.8) is 0 Å². The molecule has 5 heteroatoms. The molecule has 1 saturated heterocycles. The van der Waals surface area contributed by atoms with Gasteiger partial charge in [0.25, 0.3) is 0 Å². The maximum Gasteiger partial charge on any atom is 0.308 e. The third kappa shape index (κ3) is 3.53. The fraction of sp³-hybridized carbons (Fsp3) is 0.429. The second-order valence-electron chi connectivity index (χ2n) is 4.55. The molecule has 102 valence electrons. The van der Waals surface area contributed by atoms with Crippen LogP contribution in [0.3, 0.4) is 0 Å². The van der Waals surface area contributed by atoms with Crippen molar-refractivity contribution in [3.05, 3.63) is 35.9 Å². The maximum absolute atomic E-state index is 12.2. The fourth-order valence-electron chi connectivity index (χ4n) is 2.10. The summed E-state index contributed by atoms with van der Waals surface area (Å²) in [7, 11) is 0. The van der Waals surface area contributed by atoms with Gasteiger partial charge < -0.3 is 10.1 Å². The van der Waals surface area contributed by atoms with E-state index >= 15 is 0 Å². The molecule has 0 bridgehead atoms. The first-order valence-electron chi connectivity index (χ1n) is 6.26. The van der Waals surface area contributed by atoms with E-state index in [2.05, 4.69) is 5.32 Å². The van der Waals surface area contributed by atoms with Gasteiger partial charge in [0, 0.05) is 0 Å². The first kappa shape index (κ1) is 13.5. The molecule has 0 aromatic heterocycles. The Morgan fingerprint density at radius 1 is 1.32 bits per heavy atom. The zero-order chi connectivity index (χ0) is 13.7. The highest BCUT2D eigenvalue weighted by Crippen LogP contribution is 2.22. The smallest absolute Gasteiger partial charge is 0.308 e. The predicted octanol–water partition coefficient (Wildman–Crippen LogP) is 1.59. The van der Waals surface area contributed by atoms with Crippen LogP contribution in [0.15, 0.2) is 30.3 Å². The lowest BCUT2D eigenvalue weighted by Gasteiger charge is -2.35. The number of carbonyl (C=O) groups is 2. The second-order valence-corrected chi connectivity index (χ2v) is 4.55. The minimum atomic E-state index is -0.548. The lowest BCUT2D eigenvalue weighted by Crippen LogP contribution is -2.58. The summed E-state index contributed by atoms with van der Waals surface area (Å²) in [6, 6.07) is 9.07. The third-order valence-corrected chi connectivity index (χ3v) is 3.20. The van der Waals surface area contributed by atoms with E-state index in [0.717, 1.165) is 5.56 Å². The molecule has 1 heterocycles. The van der Waals surface area contributed by atoms with Crippen LogP contribution < -0.4 is 5.32 Å². The Hall–Kier alpha value is -1.91. The van der Waals surface area contributed by atoms with E-state index in [9.17, 15) is 14.0 Å². The number of amides is 1. The van der Waals surface area contributed by atoms with E-state index in [1.54, 1.807) is 0 Å². The highest BCUT2D eigenvalue weighted by molar-refractivity contribution is 5.87. The Bertz CT molecular complexity index is 449. The number of carbonyl (C=O) groups excluding carboxylic acids is 2. The molecular formula is C14H16FNO3. The van der Waals surface area contributed by atoms with Gasteiger partial charge in [0.1, 0.15) is 6.61 Å². The average Bonchev–Trinajstić information content (AvgIpc) is 2.43. The van der Waals surface area contributed by atoms with Crippen LogP contribution in [-0.2, 0) is 20.9 Å². The standard InChI is InChI=1S/C14H16FNO3/c15-7-6-11-12(16-14(11)18)8-13(17)19-9-10-4-2-1-3-5-10/h1-5,11-12H,6-9H2,(H,16,18). The minimum Gasteiger partial charge on any atom is -0.461 e. The summed E-state index contributed by atoms with van der Waals surface area (Å²) in [4.78, 5) is 22.8. The van der Waals surface area contributed by atoms with Crippen LogP contribution in [0.1, 0.15) is 18.4 Å². The molecule has 1 amide bonds. The van der Waals surface area contributed by atoms with Gasteiger partial charge in [-0.2, -0.15) is 0 Å². The molecule has 4 nitrogen and oxygen atoms in total. The summed E-state index contributed by atoms with van der Waals surface area (Å²) < 4.78 is 17.3. The SMILES string of the molecule is O=C(CC1NC(=O)C1CCF)OCc1ccccc1. The molecule has 1 aromatic rings. The zero-order valence-electron chi connectivity index (χ0n) is 10.5. The fourth-order valence-corrected chi connectivity index (χ4v) is 2.10. The van der Waals surface area contributed by atoms with Crippen molar-refractivity contribution in [1.29, 1.82) is 0 Å². The van der Waals surface area contributed by atoms with Crippen molar-refractivity contribution in [1.82, 2.24) is 5.32 Å². The summed E-state index contributed by atoms with van der Waals surface area (Å²) in [5.41, 5.74) is 0.911. The highest BCUT2D eigenvalue weighted by Gasteiger charge is 2.40. The summed E-state index contributed by atoms with van der Waals surface area (Å²) in [6.45, 7) is -0.332. The Morgan fingerprint density at radius 2 is 2.05 bits per heavy atom. The van der Waals surface area contributed by atoms with Crippen LogP contribution in [-0.4, -0.2) is 24.6 Å². The zero-order valence-corrected chi connectivity index (χ0v) is 10.5. The van der Waals surface area contributed by atoms with E-state index in [-0.39, 0.29) is 37.4 Å². The highest BCUT2D eigenvalue weighted by atomic mass is 19.1. The van der Waals surface area contributed by atoms with Crippen LogP contribution in [0.5, 0.6) is 0 Å². The summed E-state index contributed by atoms with van der Waals surface area (Å²) in [5.74, 6) is -0.953. The quantitative estimate of drug-likeness (QED) is 0.628. The van der Waals surface area contributed by atoms with Crippen molar-refractivity contribution in [2.75, 3.05) is 6.67 Å². The number of β-lactam (4-membered cyclic amide) rings is 1. The van der Waals surface area contributed by atoms with Crippen LogP contribution in [0.25, 0.3) is 0 Å². The average molecular weight is 265 g/mol. The van der Waals surface area contributed by atoms with Crippen molar-refractivity contribution in [3.8, 4) is 0 Å². The molecule has 2 atom stereocenters. The molecule has 19 heavy (non-hydrogen) atoms. The van der Waals surface area contributed by atoms with Crippen molar-refractivity contribution < 1.29 is 18.7 Å². The Kier molecular flexibility index (Phi) is 4.49. The molecule has 2 unspecified atom stereocenters.